The summed E-state index contributed by atoms with van der Waals surface area (Å²) in [5.41, 5.74) is 7.09. The van der Waals surface area contributed by atoms with E-state index in [1.165, 1.54) is 0 Å². The molecule has 0 bridgehead atoms. The third-order valence-electron chi connectivity index (χ3n) is 3.00. The highest BCUT2D eigenvalue weighted by molar-refractivity contribution is 6.09. The van der Waals surface area contributed by atoms with Crippen LogP contribution in [0, 0.1) is 0 Å². The Balaban J connectivity index is 1.94. The van der Waals surface area contributed by atoms with E-state index >= 15 is 0 Å². The molecule has 0 aliphatic carbocycles. The van der Waals surface area contributed by atoms with Gasteiger partial charge in [0.15, 0.2) is 5.69 Å². The molecule has 0 amide bonds. The minimum Gasteiger partial charge on any atom is -0.329 e. The molecule has 100 valence electrons. The zero-order valence-corrected chi connectivity index (χ0v) is 10.7. The van der Waals surface area contributed by atoms with Crippen molar-refractivity contribution in [2.24, 2.45) is 5.73 Å². The lowest BCUT2D eigenvalue weighted by atomic mass is 10.1. The fourth-order valence-electron chi connectivity index (χ4n) is 2.00. The maximum atomic E-state index is 12.3. The average molecular weight is 267 g/mol. The maximum Gasteiger partial charge on any atom is 0.214 e. The smallest absolute Gasteiger partial charge is 0.214 e. The van der Waals surface area contributed by atoms with Crippen LogP contribution >= 0.6 is 0 Å². The van der Waals surface area contributed by atoms with Gasteiger partial charge >= 0.3 is 0 Å². The van der Waals surface area contributed by atoms with Gasteiger partial charge in [0.2, 0.25) is 5.78 Å². The first kappa shape index (κ1) is 12.4. The summed E-state index contributed by atoms with van der Waals surface area (Å²) in [4.78, 5) is 16.6. The number of pyridine rings is 1. The summed E-state index contributed by atoms with van der Waals surface area (Å²) in [5, 5.41) is 8.74. The molecule has 0 saturated carbocycles. The maximum absolute atomic E-state index is 12.3. The highest BCUT2D eigenvalue weighted by Crippen LogP contribution is 2.15. The van der Waals surface area contributed by atoms with E-state index < -0.39 is 0 Å². The molecule has 20 heavy (non-hydrogen) atoms. The van der Waals surface area contributed by atoms with Gasteiger partial charge in [0.25, 0.3) is 0 Å². The number of carbonyl (C=O) groups is 1. The number of ketones is 1. The Hall–Kier alpha value is -2.60. The van der Waals surface area contributed by atoms with E-state index in [9.17, 15) is 4.79 Å². The molecular formula is C14H13N5O. The third kappa shape index (κ3) is 2.28. The molecular weight excluding hydrogens is 254 g/mol. The van der Waals surface area contributed by atoms with Crippen LogP contribution in [-0.4, -0.2) is 32.3 Å². The van der Waals surface area contributed by atoms with Crippen LogP contribution in [0.2, 0.25) is 0 Å². The molecule has 0 atom stereocenters. The second kappa shape index (κ2) is 5.18. The molecule has 1 aromatic carbocycles. The minimum atomic E-state index is -0.166. The van der Waals surface area contributed by atoms with Gasteiger partial charge in [0.05, 0.1) is 18.3 Å². The zero-order valence-electron chi connectivity index (χ0n) is 10.7. The first-order chi connectivity index (χ1) is 9.78. The number of hydrogen-bond acceptors (Lipinski definition) is 5. The molecule has 0 radical (unpaired) electrons. The molecule has 2 aromatic heterocycles. The van der Waals surface area contributed by atoms with E-state index in [0.29, 0.717) is 24.3 Å². The lowest BCUT2D eigenvalue weighted by Gasteiger charge is -2.00. The normalized spacial score (nSPS) is 10.8. The summed E-state index contributed by atoms with van der Waals surface area (Å²) in [6.07, 6.45) is 3.31. The van der Waals surface area contributed by atoms with Crippen molar-refractivity contribution in [1.29, 1.82) is 0 Å². The topological polar surface area (TPSA) is 86.7 Å². The Kier molecular flexibility index (Phi) is 3.22. The van der Waals surface area contributed by atoms with Crippen molar-refractivity contribution in [3.63, 3.8) is 0 Å². The SMILES string of the molecule is NCCn1cc(C(=O)c2ccc3cccnc3c2)nn1. The highest BCUT2D eigenvalue weighted by atomic mass is 16.1. The van der Waals surface area contributed by atoms with Crippen LogP contribution in [0.4, 0.5) is 0 Å². The number of nitrogens with two attached hydrogens (primary N) is 1. The Morgan fingerprint density at radius 3 is 3.05 bits per heavy atom. The predicted molar refractivity (Wildman–Crippen MR) is 74.3 cm³/mol. The summed E-state index contributed by atoms with van der Waals surface area (Å²) in [6.45, 7) is 0.996. The van der Waals surface area contributed by atoms with Gasteiger partial charge in [-0.05, 0) is 12.1 Å². The molecule has 0 aliphatic rings. The Morgan fingerprint density at radius 1 is 1.30 bits per heavy atom. The van der Waals surface area contributed by atoms with Crippen LogP contribution in [0.15, 0.2) is 42.7 Å². The lowest BCUT2D eigenvalue weighted by molar-refractivity contribution is 0.103. The van der Waals surface area contributed by atoms with Gasteiger partial charge in [0, 0.05) is 23.7 Å². The molecule has 0 unspecified atom stereocenters. The van der Waals surface area contributed by atoms with Gasteiger partial charge in [-0.25, -0.2) is 0 Å². The predicted octanol–water partition coefficient (Wildman–Crippen LogP) is 1.02. The fraction of sp³-hybridized carbons (Fsp3) is 0.143. The first-order valence-electron chi connectivity index (χ1n) is 6.27. The first-order valence-corrected chi connectivity index (χ1v) is 6.27. The molecule has 2 heterocycles. The number of benzene rings is 1. The van der Waals surface area contributed by atoms with Crippen LogP contribution in [0.25, 0.3) is 10.9 Å². The van der Waals surface area contributed by atoms with Gasteiger partial charge in [0.1, 0.15) is 0 Å². The molecule has 6 heteroatoms. The Bertz CT molecular complexity index is 765. The second-order valence-corrected chi connectivity index (χ2v) is 4.40. The lowest BCUT2D eigenvalue weighted by Crippen LogP contribution is -2.10. The van der Waals surface area contributed by atoms with Gasteiger partial charge in [-0.15, -0.1) is 5.10 Å². The Morgan fingerprint density at radius 2 is 2.20 bits per heavy atom. The molecule has 0 aliphatic heterocycles. The number of nitrogens with zero attached hydrogens (tertiary/aromatic N) is 4. The van der Waals surface area contributed by atoms with Crippen LogP contribution in [-0.2, 0) is 6.54 Å². The number of carbonyl (C=O) groups excluding carboxylic acids is 1. The molecule has 6 nitrogen and oxygen atoms in total. The van der Waals surface area contributed by atoms with E-state index in [0.717, 1.165) is 10.9 Å². The largest absolute Gasteiger partial charge is 0.329 e. The van der Waals surface area contributed by atoms with Crippen LogP contribution in [0.3, 0.4) is 0 Å². The Labute approximate surface area is 115 Å². The zero-order chi connectivity index (χ0) is 13.9. The van der Waals surface area contributed by atoms with E-state index in [-0.39, 0.29) is 5.78 Å². The van der Waals surface area contributed by atoms with Crippen molar-refractivity contribution in [2.75, 3.05) is 6.54 Å². The number of hydrogen-bond donors (Lipinski definition) is 1. The second-order valence-electron chi connectivity index (χ2n) is 4.40. The van der Waals surface area contributed by atoms with Crippen LogP contribution in [0.1, 0.15) is 16.1 Å². The quantitative estimate of drug-likeness (QED) is 0.713. The highest BCUT2D eigenvalue weighted by Gasteiger charge is 2.13. The average Bonchev–Trinajstić information content (AvgIpc) is 2.95. The number of rotatable bonds is 4. The summed E-state index contributed by atoms with van der Waals surface area (Å²) < 4.78 is 1.56. The molecule has 0 fully saturated rings. The number of aromatic nitrogens is 4. The molecule has 0 saturated heterocycles. The van der Waals surface area contributed by atoms with Crippen molar-refractivity contribution in [2.45, 2.75) is 6.54 Å². The van der Waals surface area contributed by atoms with Crippen LogP contribution in [0.5, 0.6) is 0 Å². The summed E-state index contributed by atoms with van der Waals surface area (Å²) in [6, 6.07) is 9.23. The van der Waals surface area contributed by atoms with E-state index in [4.69, 9.17) is 5.73 Å². The van der Waals surface area contributed by atoms with E-state index in [2.05, 4.69) is 15.3 Å². The third-order valence-corrected chi connectivity index (χ3v) is 3.00. The van der Waals surface area contributed by atoms with Gasteiger partial charge in [-0.2, -0.15) is 0 Å². The van der Waals surface area contributed by atoms with Crippen molar-refractivity contribution in [1.82, 2.24) is 20.0 Å². The summed E-state index contributed by atoms with van der Waals surface area (Å²) >= 11 is 0. The van der Waals surface area contributed by atoms with Crippen molar-refractivity contribution < 1.29 is 4.79 Å². The minimum absolute atomic E-state index is 0.166. The van der Waals surface area contributed by atoms with E-state index in [1.807, 2.05) is 18.2 Å². The van der Waals surface area contributed by atoms with Gasteiger partial charge in [-0.3, -0.25) is 14.5 Å². The summed E-state index contributed by atoms with van der Waals surface area (Å²) in [7, 11) is 0. The van der Waals surface area contributed by atoms with Crippen molar-refractivity contribution >= 4 is 16.7 Å². The van der Waals surface area contributed by atoms with Gasteiger partial charge < -0.3 is 5.73 Å². The molecule has 2 N–H and O–H groups in total. The van der Waals surface area contributed by atoms with E-state index in [1.54, 1.807) is 29.2 Å². The fourth-order valence-corrected chi connectivity index (χ4v) is 2.00. The molecule has 0 spiro atoms. The van der Waals surface area contributed by atoms with Crippen molar-refractivity contribution in [3.8, 4) is 0 Å². The van der Waals surface area contributed by atoms with Gasteiger partial charge in [-0.1, -0.05) is 23.4 Å². The number of fused-ring (bicyclic) bond motifs is 1. The van der Waals surface area contributed by atoms with Crippen LogP contribution < -0.4 is 5.73 Å². The molecule has 3 aromatic rings. The van der Waals surface area contributed by atoms with Crippen molar-refractivity contribution in [3.05, 3.63) is 54.0 Å². The monoisotopic (exact) mass is 267 g/mol. The molecule has 3 rings (SSSR count). The summed E-state index contributed by atoms with van der Waals surface area (Å²) in [5.74, 6) is -0.166. The standard InChI is InChI=1S/C14H13N5O/c15-5-7-19-9-13(17-18-19)14(20)11-4-3-10-2-1-6-16-12(10)8-11/h1-4,6,8-9H,5,7,15H2.